The second-order valence-corrected chi connectivity index (χ2v) is 3.33. The molecule has 1 aromatic carbocycles. The maximum absolute atomic E-state index is 11.0. The van der Waals surface area contributed by atoms with Gasteiger partial charge in [-0.2, -0.15) is 0 Å². The van der Waals surface area contributed by atoms with Gasteiger partial charge in [0.2, 0.25) is 0 Å². The first kappa shape index (κ1) is 9.64. The van der Waals surface area contributed by atoms with Crippen LogP contribution in [0, 0.1) is 0 Å². The van der Waals surface area contributed by atoms with Crippen molar-refractivity contribution in [2.75, 3.05) is 13.7 Å². The Labute approximate surface area is 87.1 Å². The number of phenols is 1. The summed E-state index contributed by atoms with van der Waals surface area (Å²) in [5, 5.41) is 14.7. The quantitative estimate of drug-likeness (QED) is 0.671. The molecule has 2 amide bonds. The fourth-order valence-electron chi connectivity index (χ4n) is 1.63. The van der Waals surface area contributed by atoms with Crippen LogP contribution in [0.5, 0.6) is 11.5 Å². The standard InChI is InChI=1S/C10H12N2O3/c1-15-9-4-6(13)2-3-7(9)8-5-11-10(14)12-8/h2-4,8,13H,5H2,1H3,(H2,11,12,14)/t8-/m1/s1. The van der Waals surface area contributed by atoms with Crippen molar-refractivity contribution in [3.8, 4) is 11.5 Å². The fourth-order valence-corrected chi connectivity index (χ4v) is 1.63. The van der Waals surface area contributed by atoms with E-state index in [0.29, 0.717) is 12.3 Å². The first-order valence-electron chi connectivity index (χ1n) is 4.62. The van der Waals surface area contributed by atoms with Crippen molar-refractivity contribution in [2.45, 2.75) is 6.04 Å². The van der Waals surface area contributed by atoms with Crippen molar-refractivity contribution in [3.05, 3.63) is 23.8 Å². The molecule has 0 radical (unpaired) electrons. The number of ether oxygens (including phenoxy) is 1. The summed E-state index contributed by atoms with van der Waals surface area (Å²) in [6, 6.07) is 4.55. The number of benzene rings is 1. The zero-order valence-electron chi connectivity index (χ0n) is 8.28. The summed E-state index contributed by atoms with van der Waals surface area (Å²) < 4.78 is 5.13. The molecule has 0 spiro atoms. The highest BCUT2D eigenvalue weighted by molar-refractivity contribution is 5.77. The monoisotopic (exact) mass is 208 g/mol. The van der Waals surface area contributed by atoms with E-state index >= 15 is 0 Å². The molecule has 1 atom stereocenters. The van der Waals surface area contributed by atoms with Crippen molar-refractivity contribution >= 4 is 6.03 Å². The minimum atomic E-state index is -0.185. The van der Waals surface area contributed by atoms with E-state index in [-0.39, 0.29) is 17.8 Å². The van der Waals surface area contributed by atoms with E-state index in [1.165, 1.54) is 13.2 Å². The lowest BCUT2D eigenvalue weighted by molar-refractivity contribution is 0.247. The largest absolute Gasteiger partial charge is 0.508 e. The molecule has 1 fully saturated rings. The fraction of sp³-hybridized carbons (Fsp3) is 0.300. The van der Waals surface area contributed by atoms with E-state index in [2.05, 4.69) is 10.6 Å². The molecule has 3 N–H and O–H groups in total. The smallest absolute Gasteiger partial charge is 0.315 e. The number of aromatic hydroxyl groups is 1. The van der Waals surface area contributed by atoms with E-state index in [9.17, 15) is 9.90 Å². The number of urea groups is 1. The molecule has 0 saturated carbocycles. The Kier molecular flexibility index (Phi) is 2.37. The average molecular weight is 208 g/mol. The zero-order valence-corrected chi connectivity index (χ0v) is 8.28. The molecule has 0 aliphatic carbocycles. The number of rotatable bonds is 2. The predicted molar refractivity (Wildman–Crippen MR) is 53.9 cm³/mol. The lowest BCUT2D eigenvalue weighted by Crippen LogP contribution is -2.21. The van der Waals surface area contributed by atoms with Crippen LogP contribution in [0.4, 0.5) is 4.79 Å². The normalized spacial score (nSPS) is 19.5. The Morgan fingerprint density at radius 1 is 1.53 bits per heavy atom. The first-order chi connectivity index (χ1) is 7.20. The molecule has 5 heteroatoms. The highest BCUT2D eigenvalue weighted by Gasteiger charge is 2.24. The predicted octanol–water partition coefficient (Wildman–Crippen LogP) is 0.755. The van der Waals surface area contributed by atoms with Crippen LogP contribution in [-0.4, -0.2) is 24.8 Å². The van der Waals surface area contributed by atoms with Crippen LogP contribution in [0.25, 0.3) is 0 Å². The van der Waals surface area contributed by atoms with Crippen LogP contribution in [0.1, 0.15) is 11.6 Å². The number of amides is 2. The Morgan fingerprint density at radius 2 is 2.33 bits per heavy atom. The van der Waals surface area contributed by atoms with Gasteiger partial charge in [0.25, 0.3) is 0 Å². The molecule has 0 bridgehead atoms. The van der Waals surface area contributed by atoms with Crippen molar-refractivity contribution < 1.29 is 14.6 Å². The highest BCUT2D eigenvalue weighted by atomic mass is 16.5. The van der Waals surface area contributed by atoms with Gasteiger partial charge in [-0.3, -0.25) is 0 Å². The lowest BCUT2D eigenvalue weighted by atomic mass is 10.1. The third-order valence-corrected chi connectivity index (χ3v) is 2.36. The molecular formula is C10H12N2O3. The van der Waals surface area contributed by atoms with E-state index in [1.807, 2.05) is 0 Å². The van der Waals surface area contributed by atoms with Gasteiger partial charge in [-0.25, -0.2) is 4.79 Å². The molecule has 15 heavy (non-hydrogen) atoms. The Balaban J connectivity index is 2.31. The Bertz CT molecular complexity index is 392. The second-order valence-electron chi connectivity index (χ2n) is 3.33. The van der Waals surface area contributed by atoms with E-state index in [1.54, 1.807) is 12.1 Å². The van der Waals surface area contributed by atoms with Crippen LogP contribution in [-0.2, 0) is 0 Å². The van der Waals surface area contributed by atoms with Crippen molar-refractivity contribution in [3.63, 3.8) is 0 Å². The van der Waals surface area contributed by atoms with Crippen LogP contribution in [0.15, 0.2) is 18.2 Å². The highest BCUT2D eigenvalue weighted by Crippen LogP contribution is 2.29. The number of phenolic OH excluding ortho intramolecular Hbond substituents is 1. The van der Waals surface area contributed by atoms with Crippen LogP contribution >= 0.6 is 0 Å². The second kappa shape index (κ2) is 3.68. The number of carbonyl (C=O) groups excluding carboxylic acids is 1. The number of hydrogen-bond donors (Lipinski definition) is 3. The molecule has 1 aliphatic heterocycles. The summed E-state index contributed by atoms with van der Waals surface area (Å²) in [5.74, 6) is 0.719. The lowest BCUT2D eigenvalue weighted by Gasteiger charge is -2.13. The molecule has 5 nitrogen and oxygen atoms in total. The maximum atomic E-state index is 11.0. The van der Waals surface area contributed by atoms with Gasteiger partial charge in [0.1, 0.15) is 11.5 Å². The molecule has 1 aliphatic rings. The minimum Gasteiger partial charge on any atom is -0.508 e. The van der Waals surface area contributed by atoms with Crippen LogP contribution in [0.2, 0.25) is 0 Å². The Hall–Kier alpha value is -1.91. The first-order valence-corrected chi connectivity index (χ1v) is 4.62. The summed E-state index contributed by atoms with van der Waals surface area (Å²) in [7, 11) is 1.53. The van der Waals surface area contributed by atoms with E-state index in [0.717, 1.165) is 5.56 Å². The van der Waals surface area contributed by atoms with Gasteiger partial charge >= 0.3 is 6.03 Å². The summed E-state index contributed by atoms with van der Waals surface area (Å²) >= 11 is 0. The molecule has 1 saturated heterocycles. The van der Waals surface area contributed by atoms with Gasteiger partial charge in [0, 0.05) is 18.2 Å². The minimum absolute atomic E-state index is 0.104. The van der Waals surface area contributed by atoms with Crippen molar-refractivity contribution in [1.82, 2.24) is 10.6 Å². The SMILES string of the molecule is COc1cc(O)ccc1[C@H]1CNC(=O)N1. The van der Waals surface area contributed by atoms with E-state index in [4.69, 9.17) is 4.74 Å². The van der Waals surface area contributed by atoms with Crippen molar-refractivity contribution in [1.29, 1.82) is 0 Å². The molecular weight excluding hydrogens is 196 g/mol. The third-order valence-electron chi connectivity index (χ3n) is 2.36. The van der Waals surface area contributed by atoms with Gasteiger partial charge in [-0.15, -0.1) is 0 Å². The van der Waals surface area contributed by atoms with E-state index < -0.39 is 0 Å². The molecule has 1 heterocycles. The van der Waals surface area contributed by atoms with Gasteiger partial charge in [0.05, 0.1) is 13.2 Å². The average Bonchev–Trinajstić information content (AvgIpc) is 2.64. The van der Waals surface area contributed by atoms with Crippen molar-refractivity contribution in [2.24, 2.45) is 0 Å². The van der Waals surface area contributed by atoms with Gasteiger partial charge < -0.3 is 20.5 Å². The van der Waals surface area contributed by atoms with Crippen LogP contribution < -0.4 is 15.4 Å². The summed E-state index contributed by atoms with van der Waals surface area (Å²) in [6.45, 7) is 0.528. The molecule has 80 valence electrons. The number of nitrogens with one attached hydrogen (secondary N) is 2. The summed E-state index contributed by atoms with van der Waals surface area (Å²) in [5.41, 5.74) is 0.855. The van der Waals surface area contributed by atoms with Crippen LogP contribution in [0.3, 0.4) is 0 Å². The topological polar surface area (TPSA) is 70.6 Å². The Morgan fingerprint density at radius 3 is 2.93 bits per heavy atom. The van der Waals surface area contributed by atoms with Gasteiger partial charge in [-0.1, -0.05) is 0 Å². The number of carbonyl (C=O) groups is 1. The third kappa shape index (κ3) is 1.81. The molecule has 0 aromatic heterocycles. The maximum Gasteiger partial charge on any atom is 0.315 e. The molecule has 1 aromatic rings. The number of methoxy groups -OCH3 is 1. The van der Waals surface area contributed by atoms with Gasteiger partial charge in [0.15, 0.2) is 0 Å². The summed E-state index contributed by atoms with van der Waals surface area (Å²) in [6.07, 6.45) is 0. The molecule has 0 unspecified atom stereocenters. The zero-order chi connectivity index (χ0) is 10.8. The summed E-state index contributed by atoms with van der Waals surface area (Å²) in [4.78, 5) is 11.0. The molecule has 2 rings (SSSR count). The number of hydrogen-bond acceptors (Lipinski definition) is 3. The van der Waals surface area contributed by atoms with Gasteiger partial charge in [-0.05, 0) is 12.1 Å².